The van der Waals surface area contributed by atoms with Crippen LogP contribution in [0.5, 0.6) is 0 Å². The predicted molar refractivity (Wildman–Crippen MR) is 108 cm³/mol. The van der Waals surface area contributed by atoms with Crippen LogP contribution in [0.15, 0.2) is 54.6 Å². The Balaban J connectivity index is 1.64. The van der Waals surface area contributed by atoms with Gasteiger partial charge in [0.25, 0.3) is 0 Å². The molecule has 30 heavy (non-hydrogen) atoms. The Morgan fingerprint density at radius 2 is 1.87 bits per heavy atom. The molecular weight excluding hydrogens is 397 g/mol. The van der Waals surface area contributed by atoms with Crippen molar-refractivity contribution in [2.45, 2.75) is 12.2 Å². The number of nitrogens with one attached hydrogen (secondary N) is 1. The van der Waals surface area contributed by atoms with Gasteiger partial charge in [0.05, 0.1) is 31.4 Å². The fourth-order valence-corrected chi connectivity index (χ4v) is 3.17. The highest BCUT2D eigenvalue weighted by Crippen LogP contribution is 2.29. The normalized spacial score (nSPS) is 15.9. The predicted octanol–water partition coefficient (Wildman–Crippen LogP) is 3.41. The number of benzene rings is 2. The van der Waals surface area contributed by atoms with Gasteiger partial charge in [-0.1, -0.05) is 24.3 Å². The summed E-state index contributed by atoms with van der Waals surface area (Å²) in [4.78, 5) is 14.4. The Hall–Kier alpha value is -2.84. The molecule has 1 unspecified atom stereocenters. The maximum Gasteiger partial charge on any atom is 0.416 e. The number of amides is 1. The molecule has 1 atom stereocenters. The van der Waals surface area contributed by atoms with E-state index in [2.05, 4.69) is 10.2 Å². The number of morpholine rings is 1. The van der Waals surface area contributed by atoms with E-state index in [9.17, 15) is 23.1 Å². The van der Waals surface area contributed by atoms with E-state index in [4.69, 9.17) is 4.74 Å². The molecule has 3 rings (SSSR count). The van der Waals surface area contributed by atoms with E-state index >= 15 is 0 Å². The lowest BCUT2D eigenvalue weighted by atomic mass is 10.1. The van der Waals surface area contributed by atoms with Gasteiger partial charge in [-0.05, 0) is 41.5 Å². The zero-order valence-electron chi connectivity index (χ0n) is 16.2. The molecule has 0 spiro atoms. The molecule has 1 saturated heterocycles. The summed E-state index contributed by atoms with van der Waals surface area (Å²) in [7, 11) is 0. The standard InChI is InChI=1S/C22H23F3N2O3/c23-22(24,25)18-7-4-16(5-8-18)6-9-21(29)26-20(15-28)17-2-1-3-19(14-17)27-10-12-30-13-11-27/h1-9,14,20,28H,10-13,15H2,(H,26,29)/b9-6+. The molecule has 5 nitrogen and oxygen atoms in total. The van der Waals surface area contributed by atoms with E-state index in [0.717, 1.165) is 36.5 Å². The minimum atomic E-state index is -4.40. The third-order valence-corrected chi connectivity index (χ3v) is 4.81. The van der Waals surface area contributed by atoms with Crippen LogP contribution in [0.3, 0.4) is 0 Å². The van der Waals surface area contributed by atoms with Crippen molar-refractivity contribution in [1.29, 1.82) is 0 Å². The molecule has 0 bridgehead atoms. The summed E-state index contributed by atoms with van der Waals surface area (Å²) < 4.78 is 43.2. The summed E-state index contributed by atoms with van der Waals surface area (Å²) in [5, 5.41) is 12.5. The molecule has 8 heteroatoms. The first kappa shape index (κ1) is 21.9. The van der Waals surface area contributed by atoms with E-state index in [-0.39, 0.29) is 6.61 Å². The molecule has 1 aliphatic heterocycles. The molecule has 160 valence electrons. The summed E-state index contributed by atoms with van der Waals surface area (Å²) in [5.41, 5.74) is 1.47. The minimum Gasteiger partial charge on any atom is -0.394 e. The van der Waals surface area contributed by atoms with Crippen LogP contribution in [-0.2, 0) is 15.7 Å². The van der Waals surface area contributed by atoms with Crippen molar-refractivity contribution in [3.63, 3.8) is 0 Å². The van der Waals surface area contributed by atoms with Gasteiger partial charge in [-0.25, -0.2) is 0 Å². The number of nitrogens with zero attached hydrogens (tertiary/aromatic N) is 1. The van der Waals surface area contributed by atoms with Gasteiger partial charge in [-0.2, -0.15) is 13.2 Å². The summed E-state index contributed by atoms with van der Waals surface area (Å²) in [6.07, 6.45) is -1.74. The first-order valence-electron chi connectivity index (χ1n) is 9.56. The van der Waals surface area contributed by atoms with Crippen molar-refractivity contribution in [2.75, 3.05) is 37.8 Å². The number of halogens is 3. The number of carbonyl (C=O) groups is 1. The van der Waals surface area contributed by atoms with Gasteiger partial charge in [-0.3, -0.25) is 4.79 Å². The second kappa shape index (κ2) is 9.77. The molecule has 2 aromatic rings. The van der Waals surface area contributed by atoms with Crippen LogP contribution in [-0.4, -0.2) is 43.9 Å². The number of aliphatic hydroxyl groups excluding tert-OH is 1. The highest BCUT2D eigenvalue weighted by atomic mass is 19.4. The van der Waals surface area contributed by atoms with Crippen LogP contribution < -0.4 is 10.2 Å². The van der Waals surface area contributed by atoms with E-state index in [1.807, 2.05) is 24.3 Å². The Morgan fingerprint density at radius 1 is 1.17 bits per heavy atom. The minimum absolute atomic E-state index is 0.285. The van der Waals surface area contributed by atoms with Crippen LogP contribution >= 0.6 is 0 Å². The molecule has 1 amide bonds. The summed E-state index contributed by atoms with van der Waals surface area (Å²) in [6.45, 7) is 2.57. The Morgan fingerprint density at radius 3 is 2.50 bits per heavy atom. The fraction of sp³-hybridized carbons (Fsp3) is 0.318. The summed E-state index contributed by atoms with van der Waals surface area (Å²) >= 11 is 0. The quantitative estimate of drug-likeness (QED) is 0.704. The largest absolute Gasteiger partial charge is 0.416 e. The Kier molecular flexibility index (Phi) is 7.12. The van der Waals surface area contributed by atoms with Crippen molar-refractivity contribution in [3.8, 4) is 0 Å². The highest BCUT2D eigenvalue weighted by molar-refractivity contribution is 5.92. The second-order valence-corrected chi connectivity index (χ2v) is 6.89. The smallest absolute Gasteiger partial charge is 0.394 e. The van der Waals surface area contributed by atoms with E-state index in [1.54, 1.807) is 0 Å². The third kappa shape index (κ3) is 5.84. The lowest BCUT2D eigenvalue weighted by Gasteiger charge is -2.29. The first-order valence-corrected chi connectivity index (χ1v) is 9.56. The zero-order valence-corrected chi connectivity index (χ0v) is 16.2. The maximum absolute atomic E-state index is 12.6. The Labute approximate surface area is 172 Å². The van der Waals surface area contributed by atoms with Gasteiger partial charge in [0.1, 0.15) is 0 Å². The molecule has 0 radical (unpaired) electrons. The highest BCUT2D eigenvalue weighted by Gasteiger charge is 2.29. The third-order valence-electron chi connectivity index (χ3n) is 4.81. The van der Waals surface area contributed by atoms with Crippen LogP contribution in [0.2, 0.25) is 0 Å². The van der Waals surface area contributed by atoms with Crippen molar-refractivity contribution >= 4 is 17.7 Å². The van der Waals surface area contributed by atoms with Gasteiger partial charge in [0, 0.05) is 24.9 Å². The lowest BCUT2D eigenvalue weighted by molar-refractivity contribution is -0.137. The number of hydrogen-bond donors (Lipinski definition) is 2. The summed E-state index contributed by atoms with van der Waals surface area (Å²) in [6, 6.07) is 11.5. The fourth-order valence-electron chi connectivity index (χ4n) is 3.17. The number of hydrogen-bond acceptors (Lipinski definition) is 4. The average Bonchev–Trinajstić information content (AvgIpc) is 2.76. The van der Waals surface area contributed by atoms with Crippen LogP contribution in [0.25, 0.3) is 6.08 Å². The molecule has 0 aliphatic carbocycles. The molecular formula is C22H23F3N2O3. The van der Waals surface area contributed by atoms with Crippen molar-refractivity contribution in [2.24, 2.45) is 0 Å². The number of rotatable bonds is 6. The van der Waals surface area contributed by atoms with E-state index in [1.165, 1.54) is 24.3 Å². The topological polar surface area (TPSA) is 61.8 Å². The first-order chi connectivity index (χ1) is 14.4. The summed E-state index contributed by atoms with van der Waals surface area (Å²) in [5.74, 6) is -0.453. The van der Waals surface area contributed by atoms with Gasteiger partial charge >= 0.3 is 6.18 Å². The molecule has 1 aliphatic rings. The van der Waals surface area contributed by atoms with Crippen molar-refractivity contribution < 1.29 is 27.8 Å². The van der Waals surface area contributed by atoms with Gasteiger partial charge in [0.15, 0.2) is 0 Å². The van der Waals surface area contributed by atoms with Crippen LogP contribution in [0, 0.1) is 0 Å². The molecule has 1 heterocycles. The van der Waals surface area contributed by atoms with Gasteiger partial charge < -0.3 is 20.1 Å². The average molecular weight is 420 g/mol. The molecule has 0 saturated carbocycles. The van der Waals surface area contributed by atoms with E-state index < -0.39 is 23.7 Å². The number of anilines is 1. The SMILES string of the molecule is O=C(/C=C/c1ccc(C(F)(F)F)cc1)NC(CO)c1cccc(N2CCOCC2)c1. The maximum atomic E-state index is 12.6. The van der Waals surface area contributed by atoms with Crippen molar-refractivity contribution in [3.05, 3.63) is 71.3 Å². The van der Waals surface area contributed by atoms with Crippen LogP contribution in [0.4, 0.5) is 18.9 Å². The monoisotopic (exact) mass is 420 g/mol. The zero-order chi connectivity index (χ0) is 21.6. The molecule has 1 fully saturated rings. The number of alkyl halides is 3. The van der Waals surface area contributed by atoms with Gasteiger partial charge in [-0.15, -0.1) is 0 Å². The number of carbonyl (C=O) groups excluding carboxylic acids is 1. The van der Waals surface area contributed by atoms with E-state index in [0.29, 0.717) is 18.8 Å². The molecule has 0 aromatic heterocycles. The number of aliphatic hydroxyl groups is 1. The second-order valence-electron chi connectivity index (χ2n) is 6.89. The molecule has 2 N–H and O–H groups in total. The number of ether oxygens (including phenoxy) is 1. The molecule has 2 aromatic carbocycles. The lowest BCUT2D eigenvalue weighted by Crippen LogP contribution is -2.36. The van der Waals surface area contributed by atoms with Gasteiger partial charge in [0.2, 0.25) is 5.91 Å². The van der Waals surface area contributed by atoms with Crippen LogP contribution in [0.1, 0.15) is 22.7 Å². The van der Waals surface area contributed by atoms with Crippen molar-refractivity contribution in [1.82, 2.24) is 5.32 Å². The Bertz CT molecular complexity index is 876.